The van der Waals surface area contributed by atoms with Gasteiger partial charge in [-0.25, -0.2) is 0 Å². The second kappa shape index (κ2) is 6.16. The molecule has 1 aromatic heterocycles. The molecule has 1 amide bonds. The maximum absolute atomic E-state index is 12.6. The van der Waals surface area contributed by atoms with E-state index in [0.717, 1.165) is 11.3 Å². The van der Waals surface area contributed by atoms with Crippen LogP contribution in [0.3, 0.4) is 0 Å². The van der Waals surface area contributed by atoms with Crippen LogP contribution in [0.5, 0.6) is 0 Å². The van der Waals surface area contributed by atoms with Crippen LogP contribution in [0.4, 0.5) is 11.4 Å². The minimum Gasteiger partial charge on any atom is -0.323 e. The monoisotopic (exact) mass is 270 g/mol. The van der Waals surface area contributed by atoms with Crippen LogP contribution in [0, 0.1) is 6.92 Å². The summed E-state index contributed by atoms with van der Waals surface area (Å²) in [7, 11) is 0. The summed E-state index contributed by atoms with van der Waals surface area (Å²) >= 11 is 0. The molecular weight excluding hydrogens is 252 g/mol. The maximum Gasteiger partial charge on any atom is 0.261 e. The minimum absolute atomic E-state index is 0.127. The van der Waals surface area contributed by atoms with Crippen molar-refractivity contribution in [2.45, 2.75) is 13.8 Å². The van der Waals surface area contributed by atoms with Gasteiger partial charge in [0.2, 0.25) is 0 Å². The fourth-order valence-electron chi connectivity index (χ4n) is 2.00. The topological polar surface area (TPSA) is 71.2 Å². The van der Waals surface area contributed by atoms with Crippen LogP contribution >= 0.6 is 0 Å². The lowest BCUT2D eigenvalue weighted by Crippen LogP contribution is -2.31. The molecule has 0 aliphatic rings. The van der Waals surface area contributed by atoms with Crippen molar-refractivity contribution in [3.05, 3.63) is 53.9 Å². The summed E-state index contributed by atoms with van der Waals surface area (Å²) in [5, 5.41) is 0. The van der Waals surface area contributed by atoms with Crippen molar-refractivity contribution in [2.75, 3.05) is 16.9 Å². The summed E-state index contributed by atoms with van der Waals surface area (Å²) in [6.45, 7) is 4.52. The van der Waals surface area contributed by atoms with E-state index in [1.807, 2.05) is 38.1 Å². The molecule has 0 aliphatic heterocycles. The zero-order valence-corrected chi connectivity index (χ0v) is 11.6. The number of rotatable bonds is 4. The highest BCUT2D eigenvalue weighted by Gasteiger charge is 2.19. The highest BCUT2D eigenvalue weighted by Crippen LogP contribution is 2.21. The fourth-order valence-corrected chi connectivity index (χ4v) is 2.00. The van der Waals surface area contributed by atoms with Crippen molar-refractivity contribution in [2.24, 2.45) is 5.84 Å². The number of nitrogens with two attached hydrogens (primary N) is 1. The van der Waals surface area contributed by atoms with Gasteiger partial charge in [-0.2, -0.15) is 0 Å². The Bertz CT molecular complexity index is 595. The molecule has 20 heavy (non-hydrogen) atoms. The van der Waals surface area contributed by atoms with Crippen molar-refractivity contribution in [3.63, 3.8) is 0 Å². The van der Waals surface area contributed by atoms with Gasteiger partial charge in [-0.3, -0.25) is 15.6 Å². The third-order valence-electron chi connectivity index (χ3n) is 3.11. The lowest BCUT2D eigenvalue weighted by molar-refractivity contribution is 0.0988. The van der Waals surface area contributed by atoms with Gasteiger partial charge in [0.1, 0.15) is 0 Å². The number of amides is 1. The molecule has 0 aliphatic carbocycles. The lowest BCUT2D eigenvalue weighted by atomic mass is 10.1. The molecule has 1 heterocycles. The molecule has 5 heteroatoms. The quantitative estimate of drug-likeness (QED) is 0.661. The zero-order valence-electron chi connectivity index (χ0n) is 11.6. The molecule has 2 aromatic rings. The molecular formula is C15H18N4O. The number of nitrogen functional groups attached to an aromatic ring is 1. The van der Waals surface area contributed by atoms with Crippen LogP contribution in [0.2, 0.25) is 0 Å². The number of hydrogen-bond acceptors (Lipinski definition) is 4. The van der Waals surface area contributed by atoms with Gasteiger partial charge in [0.05, 0.1) is 11.3 Å². The maximum atomic E-state index is 12.6. The summed E-state index contributed by atoms with van der Waals surface area (Å²) in [4.78, 5) is 18.3. The second-order valence-electron chi connectivity index (χ2n) is 4.45. The Morgan fingerprint density at radius 1 is 1.30 bits per heavy atom. The average molecular weight is 270 g/mol. The number of hydrazine groups is 1. The fraction of sp³-hybridized carbons (Fsp3) is 0.200. The standard InChI is InChI=1S/C15H18N4O/c1-3-19(12-6-4-11(2)5-7-12)15(20)13-10-17-9-8-14(13)18-16/h4-10H,3,16H2,1-2H3,(H,17,18). The van der Waals surface area contributed by atoms with Crippen LogP contribution in [-0.2, 0) is 0 Å². The predicted octanol–water partition coefficient (Wildman–Crippen LogP) is 2.34. The number of anilines is 2. The summed E-state index contributed by atoms with van der Waals surface area (Å²) < 4.78 is 0. The Labute approximate surface area is 118 Å². The Morgan fingerprint density at radius 3 is 2.60 bits per heavy atom. The molecule has 104 valence electrons. The molecule has 0 bridgehead atoms. The van der Waals surface area contributed by atoms with E-state index in [-0.39, 0.29) is 5.91 Å². The number of pyridine rings is 1. The van der Waals surface area contributed by atoms with E-state index in [2.05, 4.69) is 10.4 Å². The molecule has 0 saturated carbocycles. The number of hydrogen-bond donors (Lipinski definition) is 2. The number of nitrogens with one attached hydrogen (secondary N) is 1. The minimum atomic E-state index is -0.127. The van der Waals surface area contributed by atoms with Crippen LogP contribution in [0.15, 0.2) is 42.7 Å². The smallest absolute Gasteiger partial charge is 0.261 e. The van der Waals surface area contributed by atoms with Gasteiger partial charge in [-0.1, -0.05) is 17.7 Å². The van der Waals surface area contributed by atoms with Crippen LogP contribution in [-0.4, -0.2) is 17.4 Å². The Balaban J connectivity index is 2.36. The number of aryl methyl sites for hydroxylation is 1. The molecule has 0 saturated heterocycles. The van der Waals surface area contributed by atoms with Gasteiger partial charge < -0.3 is 10.3 Å². The van der Waals surface area contributed by atoms with E-state index in [9.17, 15) is 4.79 Å². The molecule has 5 nitrogen and oxygen atoms in total. The zero-order chi connectivity index (χ0) is 14.5. The highest BCUT2D eigenvalue weighted by atomic mass is 16.2. The van der Waals surface area contributed by atoms with E-state index in [1.54, 1.807) is 17.2 Å². The largest absolute Gasteiger partial charge is 0.323 e. The normalized spacial score (nSPS) is 10.2. The summed E-state index contributed by atoms with van der Waals surface area (Å²) in [6, 6.07) is 9.51. The molecule has 0 atom stereocenters. The van der Waals surface area contributed by atoms with E-state index in [0.29, 0.717) is 17.8 Å². The van der Waals surface area contributed by atoms with Crippen molar-refractivity contribution < 1.29 is 4.79 Å². The van der Waals surface area contributed by atoms with Crippen LogP contribution in [0.1, 0.15) is 22.8 Å². The van der Waals surface area contributed by atoms with E-state index in [1.165, 1.54) is 6.20 Å². The first-order valence-electron chi connectivity index (χ1n) is 6.46. The first-order chi connectivity index (χ1) is 9.67. The summed E-state index contributed by atoms with van der Waals surface area (Å²) in [5.74, 6) is 5.31. The highest BCUT2D eigenvalue weighted by molar-refractivity contribution is 6.09. The van der Waals surface area contributed by atoms with Gasteiger partial charge in [0, 0.05) is 24.6 Å². The van der Waals surface area contributed by atoms with Gasteiger partial charge in [0.15, 0.2) is 0 Å². The van der Waals surface area contributed by atoms with Gasteiger partial charge in [-0.15, -0.1) is 0 Å². The number of benzene rings is 1. The number of nitrogens with zero attached hydrogens (tertiary/aromatic N) is 2. The number of carbonyl (C=O) groups is 1. The molecule has 1 aromatic carbocycles. The van der Waals surface area contributed by atoms with Gasteiger partial charge in [-0.05, 0) is 32.0 Å². The predicted molar refractivity (Wildman–Crippen MR) is 80.6 cm³/mol. The Hall–Kier alpha value is -2.40. The van der Waals surface area contributed by atoms with Crippen molar-refractivity contribution in [3.8, 4) is 0 Å². The Morgan fingerprint density at radius 2 is 2.00 bits per heavy atom. The van der Waals surface area contributed by atoms with Crippen LogP contribution < -0.4 is 16.2 Å². The Kier molecular flexibility index (Phi) is 4.32. The van der Waals surface area contributed by atoms with Gasteiger partial charge >= 0.3 is 0 Å². The van der Waals surface area contributed by atoms with E-state index >= 15 is 0 Å². The number of aromatic nitrogens is 1. The summed E-state index contributed by atoms with van der Waals surface area (Å²) in [5.41, 5.74) is 5.56. The lowest BCUT2D eigenvalue weighted by Gasteiger charge is -2.22. The molecule has 0 spiro atoms. The van der Waals surface area contributed by atoms with Crippen molar-refractivity contribution in [1.29, 1.82) is 0 Å². The van der Waals surface area contributed by atoms with Gasteiger partial charge in [0.25, 0.3) is 5.91 Å². The van der Waals surface area contributed by atoms with Crippen LogP contribution in [0.25, 0.3) is 0 Å². The molecule has 0 radical (unpaired) electrons. The van der Waals surface area contributed by atoms with Crippen molar-refractivity contribution in [1.82, 2.24) is 4.98 Å². The first-order valence-corrected chi connectivity index (χ1v) is 6.46. The molecule has 2 rings (SSSR count). The SMILES string of the molecule is CCN(C(=O)c1cnccc1NN)c1ccc(C)cc1. The average Bonchev–Trinajstić information content (AvgIpc) is 2.49. The molecule has 3 N–H and O–H groups in total. The molecule has 0 unspecified atom stereocenters. The second-order valence-corrected chi connectivity index (χ2v) is 4.45. The third kappa shape index (κ3) is 2.78. The number of carbonyl (C=O) groups excluding carboxylic acids is 1. The molecule has 0 fully saturated rings. The van der Waals surface area contributed by atoms with E-state index < -0.39 is 0 Å². The van der Waals surface area contributed by atoms with Crippen molar-refractivity contribution >= 4 is 17.3 Å². The van der Waals surface area contributed by atoms with E-state index in [4.69, 9.17) is 5.84 Å². The summed E-state index contributed by atoms with van der Waals surface area (Å²) in [6.07, 6.45) is 3.11. The third-order valence-corrected chi connectivity index (χ3v) is 3.11. The first kappa shape index (κ1) is 14.0.